The van der Waals surface area contributed by atoms with Gasteiger partial charge in [-0.05, 0) is 42.3 Å². The van der Waals surface area contributed by atoms with Gasteiger partial charge in [-0.25, -0.2) is 4.39 Å². The first-order valence-electron chi connectivity index (χ1n) is 8.15. The average Bonchev–Trinajstić information content (AvgIpc) is 2.64. The van der Waals surface area contributed by atoms with Crippen molar-refractivity contribution in [3.63, 3.8) is 0 Å². The minimum absolute atomic E-state index is 0.240. The second-order valence-electron chi connectivity index (χ2n) is 5.32. The van der Waals surface area contributed by atoms with Crippen molar-refractivity contribution in [3.8, 4) is 11.5 Å². The van der Waals surface area contributed by atoms with Gasteiger partial charge in [0.15, 0.2) is 17.5 Å². The minimum Gasteiger partial charge on any atom is -0.493 e. The third-order valence-corrected chi connectivity index (χ3v) is 3.58. The van der Waals surface area contributed by atoms with E-state index < -0.39 is 0 Å². The molecule has 5 nitrogen and oxygen atoms in total. The van der Waals surface area contributed by atoms with Crippen molar-refractivity contribution in [2.45, 2.75) is 20.0 Å². The van der Waals surface area contributed by atoms with Crippen molar-refractivity contribution in [2.24, 2.45) is 4.99 Å². The number of hydrogen-bond donors (Lipinski definition) is 2. The van der Waals surface area contributed by atoms with Crippen molar-refractivity contribution >= 4 is 5.96 Å². The summed E-state index contributed by atoms with van der Waals surface area (Å²) in [6, 6.07) is 12.2. The number of benzene rings is 2. The van der Waals surface area contributed by atoms with Crippen LogP contribution in [0.4, 0.5) is 4.39 Å². The summed E-state index contributed by atoms with van der Waals surface area (Å²) in [5, 5.41) is 6.44. The van der Waals surface area contributed by atoms with Crippen molar-refractivity contribution in [1.82, 2.24) is 10.6 Å². The van der Waals surface area contributed by atoms with Crippen LogP contribution >= 0.6 is 0 Å². The molecule has 0 aliphatic heterocycles. The lowest BCUT2D eigenvalue weighted by Gasteiger charge is -2.14. The molecule has 0 unspecified atom stereocenters. The summed E-state index contributed by atoms with van der Waals surface area (Å²) >= 11 is 0. The highest BCUT2D eigenvalue weighted by Crippen LogP contribution is 2.27. The van der Waals surface area contributed by atoms with Gasteiger partial charge in [-0.3, -0.25) is 4.99 Å². The van der Waals surface area contributed by atoms with Gasteiger partial charge in [-0.1, -0.05) is 18.2 Å². The van der Waals surface area contributed by atoms with E-state index in [2.05, 4.69) is 15.6 Å². The summed E-state index contributed by atoms with van der Waals surface area (Å²) in [5.74, 6) is 1.86. The van der Waals surface area contributed by atoms with E-state index in [-0.39, 0.29) is 5.82 Å². The normalized spacial score (nSPS) is 11.1. The van der Waals surface area contributed by atoms with Crippen LogP contribution < -0.4 is 20.1 Å². The quantitative estimate of drug-likeness (QED) is 0.598. The highest BCUT2D eigenvalue weighted by molar-refractivity contribution is 5.79. The Morgan fingerprint density at radius 1 is 1.00 bits per heavy atom. The molecule has 25 heavy (non-hydrogen) atoms. The molecule has 0 atom stereocenters. The fourth-order valence-electron chi connectivity index (χ4n) is 2.29. The monoisotopic (exact) mass is 345 g/mol. The molecule has 0 saturated heterocycles. The standard InChI is InChI=1S/C19H24FN3O2/c1-4-25-18-11-15(7-10-17(18)24-3)13-23-19(21-2)22-12-14-5-8-16(20)9-6-14/h5-11H,4,12-13H2,1-3H3,(H2,21,22,23). The molecule has 0 amide bonds. The molecule has 2 rings (SSSR count). The molecular formula is C19H24FN3O2. The molecule has 2 aromatic rings. The second kappa shape index (κ2) is 9.52. The van der Waals surface area contributed by atoms with E-state index in [1.54, 1.807) is 26.3 Å². The molecular weight excluding hydrogens is 321 g/mol. The zero-order valence-corrected chi connectivity index (χ0v) is 14.8. The molecule has 0 spiro atoms. The van der Waals surface area contributed by atoms with Gasteiger partial charge in [-0.15, -0.1) is 0 Å². The van der Waals surface area contributed by atoms with Crippen molar-refractivity contribution in [2.75, 3.05) is 20.8 Å². The van der Waals surface area contributed by atoms with Gasteiger partial charge in [0.2, 0.25) is 0 Å². The predicted molar refractivity (Wildman–Crippen MR) is 97.6 cm³/mol. The van der Waals surface area contributed by atoms with Gasteiger partial charge in [0, 0.05) is 20.1 Å². The van der Waals surface area contributed by atoms with Crippen LogP contribution in [0.2, 0.25) is 0 Å². The summed E-state index contributed by atoms with van der Waals surface area (Å²) in [6.45, 7) is 3.67. The summed E-state index contributed by atoms with van der Waals surface area (Å²) in [6.07, 6.45) is 0. The van der Waals surface area contributed by atoms with Gasteiger partial charge in [0.25, 0.3) is 0 Å². The van der Waals surface area contributed by atoms with Crippen molar-refractivity contribution in [3.05, 3.63) is 59.4 Å². The van der Waals surface area contributed by atoms with Crippen LogP contribution in [0.3, 0.4) is 0 Å². The summed E-state index contributed by atoms with van der Waals surface area (Å²) in [5.41, 5.74) is 2.03. The van der Waals surface area contributed by atoms with Gasteiger partial charge in [-0.2, -0.15) is 0 Å². The maximum Gasteiger partial charge on any atom is 0.191 e. The molecule has 0 fully saturated rings. The molecule has 6 heteroatoms. The van der Waals surface area contributed by atoms with Gasteiger partial charge < -0.3 is 20.1 Å². The number of rotatable bonds is 7. The number of guanidine groups is 1. The highest BCUT2D eigenvalue weighted by atomic mass is 19.1. The third-order valence-electron chi connectivity index (χ3n) is 3.58. The first-order chi connectivity index (χ1) is 12.2. The molecule has 134 valence electrons. The largest absolute Gasteiger partial charge is 0.493 e. The number of ether oxygens (including phenoxy) is 2. The Labute approximate surface area is 147 Å². The summed E-state index contributed by atoms with van der Waals surface area (Å²) in [4.78, 5) is 4.19. The van der Waals surface area contributed by atoms with Crippen molar-refractivity contribution in [1.29, 1.82) is 0 Å². The van der Waals surface area contributed by atoms with Crippen LogP contribution in [-0.4, -0.2) is 26.7 Å². The van der Waals surface area contributed by atoms with Crippen LogP contribution in [0.1, 0.15) is 18.1 Å². The maximum atomic E-state index is 12.9. The molecule has 0 bridgehead atoms. The van der Waals surface area contributed by atoms with Crippen LogP contribution in [-0.2, 0) is 13.1 Å². The van der Waals surface area contributed by atoms with Crippen LogP contribution in [0, 0.1) is 5.82 Å². The van der Waals surface area contributed by atoms with E-state index in [4.69, 9.17) is 9.47 Å². The zero-order chi connectivity index (χ0) is 18.1. The van der Waals surface area contributed by atoms with E-state index in [1.165, 1.54) is 12.1 Å². The molecule has 0 aliphatic rings. The lowest BCUT2D eigenvalue weighted by atomic mass is 10.2. The lowest BCUT2D eigenvalue weighted by Crippen LogP contribution is -2.36. The average molecular weight is 345 g/mol. The molecule has 0 heterocycles. The fraction of sp³-hybridized carbons (Fsp3) is 0.316. The Morgan fingerprint density at radius 3 is 2.24 bits per heavy atom. The topological polar surface area (TPSA) is 54.9 Å². The highest BCUT2D eigenvalue weighted by Gasteiger charge is 2.06. The van der Waals surface area contributed by atoms with Crippen molar-refractivity contribution < 1.29 is 13.9 Å². The third kappa shape index (κ3) is 5.67. The van der Waals surface area contributed by atoms with Crippen LogP contribution in [0.5, 0.6) is 11.5 Å². The molecule has 2 aromatic carbocycles. The predicted octanol–water partition coefficient (Wildman–Crippen LogP) is 3.10. The first kappa shape index (κ1) is 18.6. The Bertz CT molecular complexity index is 702. The minimum atomic E-state index is -0.240. The van der Waals surface area contributed by atoms with E-state index in [0.717, 1.165) is 16.9 Å². The Hall–Kier alpha value is -2.76. The molecule has 2 N–H and O–H groups in total. The fourth-order valence-corrected chi connectivity index (χ4v) is 2.29. The number of hydrogen-bond acceptors (Lipinski definition) is 3. The Balaban J connectivity index is 1.91. The van der Waals surface area contributed by atoms with Crippen LogP contribution in [0.15, 0.2) is 47.5 Å². The summed E-state index contributed by atoms with van der Waals surface area (Å²) in [7, 11) is 3.33. The summed E-state index contributed by atoms with van der Waals surface area (Å²) < 4.78 is 23.8. The Morgan fingerprint density at radius 2 is 1.64 bits per heavy atom. The lowest BCUT2D eigenvalue weighted by molar-refractivity contribution is 0.310. The van der Waals surface area contributed by atoms with E-state index in [0.29, 0.717) is 31.4 Å². The van der Waals surface area contributed by atoms with E-state index >= 15 is 0 Å². The molecule has 0 saturated carbocycles. The number of nitrogens with zero attached hydrogens (tertiary/aromatic N) is 1. The SMILES string of the molecule is CCOc1cc(CNC(=NC)NCc2ccc(F)cc2)ccc1OC. The Kier molecular flexibility index (Phi) is 7.07. The second-order valence-corrected chi connectivity index (χ2v) is 5.32. The first-order valence-corrected chi connectivity index (χ1v) is 8.15. The number of halogens is 1. The van der Waals surface area contributed by atoms with Gasteiger partial charge in [0.05, 0.1) is 13.7 Å². The van der Waals surface area contributed by atoms with E-state index in [1.807, 2.05) is 25.1 Å². The van der Waals surface area contributed by atoms with E-state index in [9.17, 15) is 4.39 Å². The number of aliphatic imine (C=N–C) groups is 1. The number of methoxy groups -OCH3 is 1. The number of nitrogens with one attached hydrogen (secondary N) is 2. The maximum absolute atomic E-state index is 12.9. The molecule has 0 radical (unpaired) electrons. The molecule has 0 aromatic heterocycles. The van der Waals surface area contributed by atoms with Gasteiger partial charge in [0.1, 0.15) is 5.82 Å². The zero-order valence-electron chi connectivity index (χ0n) is 14.8. The smallest absolute Gasteiger partial charge is 0.191 e. The molecule has 0 aliphatic carbocycles. The van der Waals surface area contributed by atoms with Gasteiger partial charge >= 0.3 is 0 Å². The van der Waals surface area contributed by atoms with Crippen LogP contribution in [0.25, 0.3) is 0 Å².